The molecule has 0 aliphatic rings. The lowest BCUT2D eigenvalue weighted by Crippen LogP contribution is -2.07. The molecule has 0 bridgehead atoms. The van der Waals surface area contributed by atoms with Gasteiger partial charge in [-0.1, -0.05) is 30.3 Å². The Morgan fingerprint density at radius 2 is 2.00 bits per heavy atom. The van der Waals surface area contributed by atoms with Gasteiger partial charge in [0.1, 0.15) is 6.61 Å². The van der Waals surface area contributed by atoms with Crippen LogP contribution < -0.4 is 5.32 Å². The zero-order valence-electron chi connectivity index (χ0n) is 9.77. The van der Waals surface area contributed by atoms with Crippen LogP contribution in [0.2, 0.25) is 0 Å². The summed E-state index contributed by atoms with van der Waals surface area (Å²) < 4.78 is 4.30. The lowest BCUT2D eigenvalue weighted by atomic mass is 10.2. The Balaban J connectivity index is 0.000000293. The molecule has 0 amide bonds. The summed E-state index contributed by atoms with van der Waals surface area (Å²) in [5, 5.41) is 11.1. The second-order valence-corrected chi connectivity index (χ2v) is 2.98. The van der Waals surface area contributed by atoms with Gasteiger partial charge in [0.15, 0.2) is 0 Å². The molecule has 1 rings (SSSR count). The largest absolute Gasteiger partial charge is 0.464 e. The molecule has 0 aromatic heterocycles. The van der Waals surface area contributed by atoms with E-state index in [0.29, 0.717) is 6.61 Å². The van der Waals surface area contributed by atoms with E-state index < -0.39 is 12.6 Å². The van der Waals surface area contributed by atoms with Crippen LogP contribution in [0, 0.1) is 0 Å². The molecule has 0 spiro atoms. The van der Waals surface area contributed by atoms with Crippen molar-refractivity contribution >= 4 is 5.97 Å². The first-order valence-corrected chi connectivity index (χ1v) is 5.19. The number of esters is 1. The number of rotatable bonds is 4. The van der Waals surface area contributed by atoms with Crippen molar-refractivity contribution in [1.29, 1.82) is 0 Å². The van der Waals surface area contributed by atoms with E-state index in [2.05, 4.69) is 22.2 Å². The topological polar surface area (TPSA) is 58.6 Å². The van der Waals surface area contributed by atoms with Crippen molar-refractivity contribution < 1.29 is 14.6 Å². The monoisotopic (exact) mass is 225 g/mol. The zero-order chi connectivity index (χ0) is 12.2. The summed E-state index contributed by atoms with van der Waals surface area (Å²) >= 11 is 0. The number of benzene rings is 1. The van der Waals surface area contributed by atoms with Gasteiger partial charge in [-0.15, -0.1) is 0 Å². The van der Waals surface area contributed by atoms with Gasteiger partial charge in [0.2, 0.25) is 0 Å². The fourth-order valence-electron chi connectivity index (χ4n) is 1.01. The fourth-order valence-corrected chi connectivity index (χ4v) is 1.01. The molecule has 0 fully saturated rings. The third-order valence-corrected chi connectivity index (χ3v) is 1.66. The van der Waals surface area contributed by atoms with E-state index >= 15 is 0 Å². The van der Waals surface area contributed by atoms with Gasteiger partial charge in [-0.2, -0.15) is 0 Å². The quantitative estimate of drug-likeness (QED) is 0.749. The minimum Gasteiger partial charge on any atom is -0.464 e. The second kappa shape index (κ2) is 10.1. The molecular formula is C12H19NO3. The van der Waals surface area contributed by atoms with E-state index in [-0.39, 0.29) is 0 Å². The Bertz CT molecular complexity index is 275. The van der Waals surface area contributed by atoms with E-state index in [0.717, 1.165) is 6.54 Å². The molecule has 2 N–H and O–H groups in total. The van der Waals surface area contributed by atoms with Crippen molar-refractivity contribution in [2.75, 3.05) is 20.3 Å². The van der Waals surface area contributed by atoms with Gasteiger partial charge in [0.25, 0.3) is 0 Å². The minimum absolute atomic E-state index is 0.333. The molecule has 0 saturated carbocycles. The van der Waals surface area contributed by atoms with Crippen LogP contribution in [0.1, 0.15) is 12.5 Å². The van der Waals surface area contributed by atoms with Crippen molar-refractivity contribution in [1.82, 2.24) is 5.32 Å². The Kier molecular flexibility index (Phi) is 9.26. The SMILES string of the molecule is CCOC(=O)CO.CNCc1ccccc1. The average molecular weight is 225 g/mol. The van der Waals surface area contributed by atoms with Gasteiger partial charge in [-0.25, -0.2) is 4.79 Å². The number of aliphatic hydroxyl groups excluding tert-OH is 1. The lowest BCUT2D eigenvalue weighted by molar-refractivity contribution is -0.146. The van der Waals surface area contributed by atoms with E-state index in [1.165, 1.54) is 5.56 Å². The Hall–Kier alpha value is -1.39. The molecule has 1 aromatic carbocycles. The first-order valence-electron chi connectivity index (χ1n) is 5.19. The number of carbonyl (C=O) groups excluding carboxylic acids is 1. The summed E-state index contributed by atoms with van der Waals surface area (Å²) in [7, 11) is 1.95. The summed E-state index contributed by atoms with van der Waals surface area (Å²) in [6.07, 6.45) is 0. The van der Waals surface area contributed by atoms with Gasteiger partial charge in [-0.05, 0) is 19.5 Å². The Labute approximate surface area is 96.2 Å². The molecular weight excluding hydrogens is 206 g/mol. The molecule has 0 heterocycles. The average Bonchev–Trinajstić information content (AvgIpc) is 2.32. The van der Waals surface area contributed by atoms with Crippen LogP contribution in [0.3, 0.4) is 0 Å². The maximum Gasteiger partial charge on any atom is 0.331 e. The molecule has 4 nitrogen and oxygen atoms in total. The van der Waals surface area contributed by atoms with Crippen molar-refractivity contribution in [3.8, 4) is 0 Å². The summed E-state index contributed by atoms with van der Waals surface area (Å²) in [4.78, 5) is 9.94. The maximum absolute atomic E-state index is 9.94. The highest BCUT2D eigenvalue weighted by molar-refractivity contribution is 5.70. The first-order chi connectivity index (χ1) is 7.74. The molecule has 0 aliphatic heterocycles. The molecule has 90 valence electrons. The predicted octanol–water partition coefficient (Wildman–Crippen LogP) is 0.948. The summed E-state index contributed by atoms with van der Waals surface area (Å²) in [5.74, 6) is -0.567. The van der Waals surface area contributed by atoms with Gasteiger partial charge in [0, 0.05) is 6.54 Å². The molecule has 0 aliphatic carbocycles. The molecule has 1 aromatic rings. The number of hydrogen-bond donors (Lipinski definition) is 2. The molecule has 0 saturated heterocycles. The normalized spacial score (nSPS) is 8.94. The minimum atomic E-state index is -0.567. The highest BCUT2D eigenvalue weighted by atomic mass is 16.5. The number of ether oxygens (including phenoxy) is 1. The lowest BCUT2D eigenvalue weighted by Gasteiger charge is -1.95. The number of nitrogens with one attached hydrogen (secondary N) is 1. The first kappa shape index (κ1) is 14.6. The van der Waals surface area contributed by atoms with Gasteiger partial charge in [0.05, 0.1) is 6.61 Å². The van der Waals surface area contributed by atoms with Crippen LogP contribution in [0.4, 0.5) is 0 Å². The fraction of sp³-hybridized carbons (Fsp3) is 0.417. The van der Waals surface area contributed by atoms with Crippen molar-refractivity contribution in [3.63, 3.8) is 0 Å². The summed E-state index contributed by atoms with van der Waals surface area (Å²) in [5.41, 5.74) is 1.33. The zero-order valence-corrected chi connectivity index (χ0v) is 9.77. The Morgan fingerprint density at radius 3 is 2.38 bits per heavy atom. The van der Waals surface area contributed by atoms with Crippen LogP contribution >= 0.6 is 0 Å². The van der Waals surface area contributed by atoms with Crippen LogP contribution in [0.15, 0.2) is 30.3 Å². The number of hydrogen-bond acceptors (Lipinski definition) is 4. The molecule has 4 heteroatoms. The van der Waals surface area contributed by atoms with Crippen LogP contribution in [-0.2, 0) is 16.1 Å². The standard InChI is InChI=1S/C8H11N.C4H8O3/c1-9-7-8-5-3-2-4-6-8;1-2-7-4(6)3-5/h2-6,9H,7H2,1H3;5H,2-3H2,1H3. The van der Waals surface area contributed by atoms with Crippen molar-refractivity contribution in [3.05, 3.63) is 35.9 Å². The van der Waals surface area contributed by atoms with Crippen molar-refractivity contribution in [2.24, 2.45) is 0 Å². The highest BCUT2D eigenvalue weighted by Gasteiger charge is 1.92. The predicted molar refractivity (Wildman–Crippen MR) is 62.9 cm³/mol. The van der Waals surface area contributed by atoms with Gasteiger partial charge >= 0.3 is 5.97 Å². The molecule has 16 heavy (non-hydrogen) atoms. The third kappa shape index (κ3) is 7.96. The van der Waals surface area contributed by atoms with E-state index in [1.54, 1.807) is 6.92 Å². The second-order valence-electron chi connectivity index (χ2n) is 2.98. The smallest absolute Gasteiger partial charge is 0.331 e. The van der Waals surface area contributed by atoms with Crippen LogP contribution in [0.25, 0.3) is 0 Å². The third-order valence-electron chi connectivity index (χ3n) is 1.66. The van der Waals surface area contributed by atoms with E-state index in [4.69, 9.17) is 5.11 Å². The van der Waals surface area contributed by atoms with Crippen molar-refractivity contribution in [2.45, 2.75) is 13.5 Å². The summed E-state index contributed by atoms with van der Waals surface area (Å²) in [6, 6.07) is 10.3. The summed E-state index contributed by atoms with van der Waals surface area (Å²) in [6.45, 7) is 2.46. The van der Waals surface area contributed by atoms with Gasteiger partial charge < -0.3 is 15.2 Å². The maximum atomic E-state index is 9.94. The van der Waals surface area contributed by atoms with E-state index in [9.17, 15) is 4.79 Å². The van der Waals surface area contributed by atoms with Gasteiger partial charge in [-0.3, -0.25) is 0 Å². The molecule has 0 radical (unpaired) electrons. The molecule has 0 atom stereocenters. The van der Waals surface area contributed by atoms with Crippen LogP contribution in [0.5, 0.6) is 0 Å². The molecule has 0 unspecified atom stereocenters. The number of aliphatic hydroxyl groups is 1. The highest BCUT2D eigenvalue weighted by Crippen LogP contribution is 1.95. The Morgan fingerprint density at radius 1 is 1.38 bits per heavy atom. The van der Waals surface area contributed by atoms with E-state index in [1.807, 2.05) is 25.2 Å². The number of carbonyl (C=O) groups is 1. The van der Waals surface area contributed by atoms with Crippen LogP contribution in [-0.4, -0.2) is 31.3 Å².